The molecule has 2 N–H and O–H groups in total. The molecule has 1 atom stereocenters. The maximum absolute atomic E-state index is 12.1. The van der Waals surface area contributed by atoms with Crippen LogP contribution in [0.2, 0.25) is 5.02 Å². The number of carbonyl (C=O) groups is 1. The first-order chi connectivity index (χ1) is 12.1. The van der Waals surface area contributed by atoms with E-state index in [9.17, 15) is 9.90 Å². The van der Waals surface area contributed by atoms with Crippen molar-refractivity contribution >= 4 is 23.7 Å². The fraction of sp³-hybridized carbons (Fsp3) is 0.176. The Morgan fingerprint density at radius 3 is 2.92 bits per heavy atom. The quantitative estimate of drug-likeness (QED) is 0.643. The van der Waals surface area contributed by atoms with Gasteiger partial charge in [-0.15, -0.1) is 0 Å². The van der Waals surface area contributed by atoms with E-state index in [0.29, 0.717) is 17.1 Å². The molecule has 7 nitrogen and oxygen atoms in total. The van der Waals surface area contributed by atoms with Crippen LogP contribution in [-0.4, -0.2) is 37.0 Å². The van der Waals surface area contributed by atoms with Gasteiger partial charge >= 0.3 is 0 Å². The van der Waals surface area contributed by atoms with Gasteiger partial charge in [0.1, 0.15) is 6.61 Å². The molecule has 3 rings (SSSR count). The maximum Gasteiger partial charge on any atom is 0.284 e. The van der Waals surface area contributed by atoms with E-state index >= 15 is 0 Å². The Balaban J connectivity index is 1.63. The standard InChI is InChI=1S/C17H15ClN2O5/c1-23-14-7-10(6-11(18)16(14)21)8-19-20-17(22)15-9-24-12-4-2-3-5-13(12)25-15/h2-8,15,21H,9H2,1H3,(H,20,22)/b19-8+. The van der Waals surface area contributed by atoms with E-state index in [2.05, 4.69) is 10.5 Å². The van der Waals surface area contributed by atoms with Crippen LogP contribution >= 0.6 is 11.6 Å². The van der Waals surface area contributed by atoms with Gasteiger partial charge in [0.15, 0.2) is 23.0 Å². The molecule has 0 spiro atoms. The molecule has 8 heteroatoms. The fourth-order valence-electron chi connectivity index (χ4n) is 2.22. The van der Waals surface area contributed by atoms with Crippen molar-refractivity contribution in [2.24, 2.45) is 5.10 Å². The lowest BCUT2D eigenvalue weighted by atomic mass is 10.2. The Morgan fingerprint density at radius 2 is 2.16 bits per heavy atom. The Kier molecular flexibility index (Phi) is 4.95. The largest absolute Gasteiger partial charge is 0.503 e. The van der Waals surface area contributed by atoms with Crippen molar-refractivity contribution < 1.29 is 24.1 Å². The van der Waals surface area contributed by atoms with Gasteiger partial charge < -0.3 is 19.3 Å². The Hall–Kier alpha value is -2.93. The first-order valence-corrected chi connectivity index (χ1v) is 7.74. The number of nitrogens with one attached hydrogen (secondary N) is 1. The number of hydrogen-bond donors (Lipinski definition) is 2. The highest BCUT2D eigenvalue weighted by Gasteiger charge is 2.26. The zero-order valence-electron chi connectivity index (χ0n) is 13.2. The van der Waals surface area contributed by atoms with Crippen molar-refractivity contribution in [2.45, 2.75) is 6.10 Å². The van der Waals surface area contributed by atoms with Crippen molar-refractivity contribution in [2.75, 3.05) is 13.7 Å². The van der Waals surface area contributed by atoms with Crippen LogP contribution in [0.25, 0.3) is 0 Å². The number of halogens is 1. The lowest BCUT2D eigenvalue weighted by Crippen LogP contribution is -2.42. The van der Waals surface area contributed by atoms with E-state index in [4.69, 9.17) is 25.8 Å². The van der Waals surface area contributed by atoms with Crippen LogP contribution in [0.15, 0.2) is 41.5 Å². The number of carbonyl (C=O) groups excluding carboxylic acids is 1. The summed E-state index contributed by atoms with van der Waals surface area (Å²) >= 11 is 5.89. The molecule has 0 aromatic heterocycles. The minimum Gasteiger partial charge on any atom is -0.503 e. The molecule has 0 bridgehead atoms. The van der Waals surface area contributed by atoms with Crippen LogP contribution in [0.1, 0.15) is 5.56 Å². The first-order valence-electron chi connectivity index (χ1n) is 7.36. The van der Waals surface area contributed by atoms with Crippen molar-refractivity contribution in [3.63, 3.8) is 0 Å². The smallest absolute Gasteiger partial charge is 0.284 e. The zero-order chi connectivity index (χ0) is 17.8. The third-order valence-corrected chi connectivity index (χ3v) is 3.75. The number of ether oxygens (including phenoxy) is 3. The summed E-state index contributed by atoms with van der Waals surface area (Å²) in [6.45, 7) is 0.0945. The van der Waals surface area contributed by atoms with Crippen LogP contribution in [-0.2, 0) is 4.79 Å². The molecule has 0 fully saturated rings. The number of para-hydroxylation sites is 2. The number of nitrogens with zero attached hydrogens (tertiary/aromatic N) is 1. The Bertz CT molecular complexity index is 825. The van der Waals surface area contributed by atoms with Gasteiger partial charge in [0.25, 0.3) is 5.91 Å². The summed E-state index contributed by atoms with van der Waals surface area (Å²) in [5.74, 6) is 0.717. The number of phenolic OH excluding ortho intramolecular Hbond substituents is 1. The summed E-state index contributed by atoms with van der Waals surface area (Å²) in [5, 5.41) is 13.7. The normalized spacial score (nSPS) is 15.8. The van der Waals surface area contributed by atoms with E-state index < -0.39 is 12.0 Å². The van der Waals surface area contributed by atoms with E-state index in [1.165, 1.54) is 25.5 Å². The molecule has 130 valence electrons. The molecule has 1 aliphatic heterocycles. The summed E-state index contributed by atoms with van der Waals surface area (Å²) in [6, 6.07) is 10.1. The third kappa shape index (κ3) is 3.77. The van der Waals surface area contributed by atoms with Gasteiger partial charge in [-0.25, -0.2) is 5.43 Å². The highest BCUT2D eigenvalue weighted by molar-refractivity contribution is 6.32. The minimum atomic E-state index is -0.801. The average Bonchev–Trinajstić information content (AvgIpc) is 2.63. The summed E-state index contributed by atoms with van der Waals surface area (Å²) in [6.07, 6.45) is 0.577. The van der Waals surface area contributed by atoms with Crippen LogP contribution < -0.4 is 19.6 Å². The highest BCUT2D eigenvalue weighted by atomic mass is 35.5. The summed E-state index contributed by atoms with van der Waals surface area (Å²) < 4.78 is 16.1. The molecule has 0 radical (unpaired) electrons. The van der Waals surface area contributed by atoms with Crippen molar-refractivity contribution in [3.05, 3.63) is 47.0 Å². The molecule has 0 saturated carbocycles. The minimum absolute atomic E-state index is 0.0945. The number of amides is 1. The van der Waals surface area contributed by atoms with Gasteiger partial charge in [-0.2, -0.15) is 5.10 Å². The number of phenols is 1. The Morgan fingerprint density at radius 1 is 1.40 bits per heavy atom. The summed E-state index contributed by atoms with van der Waals surface area (Å²) in [5.41, 5.74) is 2.93. The fourth-order valence-corrected chi connectivity index (χ4v) is 2.43. The van der Waals surface area contributed by atoms with Gasteiger partial charge in [-0.1, -0.05) is 23.7 Å². The summed E-state index contributed by atoms with van der Waals surface area (Å²) in [7, 11) is 1.41. The topological polar surface area (TPSA) is 89.4 Å². The second kappa shape index (κ2) is 7.31. The SMILES string of the molecule is COc1cc(/C=N/NC(=O)C2COc3ccccc3O2)cc(Cl)c1O. The number of hydrazone groups is 1. The van der Waals surface area contributed by atoms with Crippen LogP contribution in [0.3, 0.4) is 0 Å². The monoisotopic (exact) mass is 362 g/mol. The predicted molar refractivity (Wildman–Crippen MR) is 91.8 cm³/mol. The molecule has 25 heavy (non-hydrogen) atoms. The molecule has 1 aliphatic rings. The van der Waals surface area contributed by atoms with Crippen LogP contribution in [0, 0.1) is 0 Å². The molecule has 2 aromatic carbocycles. The number of fused-ring (bicyclic) bond motifs is 1. The van der Waals surface area contributed by atoms with E-state index in [1.54, 1.807) is 18.2 Å². The zero-order valence-corrected chi connectivity index (χ0v) is 14.0. The number of rotatable bonds is 4. The third-order valence-electron chi connectivity index (χ3n) is 3.46. The van der Waals surface area contributed by atoms with Gasteiger partial charge in [0.2, 0.25) is 6.10 Å². The second-order valence-corrected chi connectivity index (χ2v) is 5.56. The summed E-state index contributed by atoms with van der Waals surface area (Å²) in [4.78, 5) is 12.1. The number of aromatic hydroxyl groups is 1. The van der Waals surface area contributed by atoms with Crippen molar-refractivity contribution in [3.8, 4) is 23.0 Å². The number of hydrogen-bond acceptors (Lipinski definition) is 6. The van der Waals surface area contributed by atoms with Gasteiger partial charge in [-0.3, -0.25) is 4.79 Å². The lowest BCUT2D eigenvalue weighted by molar-refractivity contribution is -0.130. The molecule has 1 amide bonds. The van der Waals surface area contributed by atoms with Gasteiger partial charge in [-0.05, 0) is 29.8 Å². The van der Waals surface area contributed by atoms with Crippen LogP contribution in [0.4, 0.5) is 0 Å². The van der Waals surface area contributed by atoms with Gasteiger partial charge in [0.05, 0.1) is 18.3 Å². The number of benzene rings is 2. The molecule has 0 aliphatic carbocycles. The average molecular weight is 363 g/mol. The highest BCUT2D eigenvalue weighted by Crippen LogP contribution is 2.34. The van der Waals surface area contributed by atoms with Crippen LogP contribution in [0.5, 0.6) is 23.0 Å². The molecule has 0 saturated heterocycles. The van der Waals surface area contributed by atoms with E-state index in [-0.39, 0.29) is 23.1 Å². The van der Waals surface area contributed by atoms with Crippen molar-refractivity contribution in [1.29, 1.82) is 0 Å². The predicted octanol–water partition coefficient (Wildman–Crippen LogP) is 2.34. The molecule has 1 unspecified atom stereocenters. The lowest BCUT2D eigenvalue weighted by Gasteiger charge is -2.24. The molecular formula is C17H15ClN2O5. The van der Waals surface area contributed by atoms with E-state index in [1.807, 2.05) is 6.07 Å². The molecular weight excluding hydrogens is 348 g/mol. The van der Waals surface area contributed by atoms with E-state index in [0.717, 1.165) is 0 Å². The molecule has 1 heterocycles. The molecule has 2 aromatic rings. The van der Waals surface area contributed by atoms with Crippen molar-refractivity contribution in [1.82, 2.24) is 5.43 Å². The maximum atomic E-state index is 12.1. The first kappa shape index (κ1) is 16.9. The number of methoxy groups -OCH3 is 1. The van der Waals surface area contributed by atoms with Gasteiger partial charge in [0, 0.05) is 0 Å². The Labute approximate surface area is 148 Å². The second-order valence-electron chi connectivity index (χ2n) is 5.15.